The minimum absolute atomic E-state index is 0.0764. The topological polar surface area (TPSA) is 17.1 Å². The second-order valence-corrected chi connectivity index (χ2v) is 1.76. The Morgan fingerprint density at radius 3 is 2.88 bits per heavy atom. The first-order valence-corrected chi connectivity index (χ1v) is 2.51. The van der Waals surface area contributed by atoms with E-state index in [9.17, 15) is 4.79 Å². The van der Waals surface area contributed by atoms with Gasteiger partial charge in [-0.15, -0.1) is 6.42 Å². The molecule has 0 amide bonds. The Balaban J connectivity index is 2.68. The van der Waals surface area contributed by atoms with Gasteiger partial charge in [0.25, 0.3) is 0 Å². The number of allylic oxidation sites excluding steroid dienone is 2. The third-order valence-electron chi connectivity index (χ3n) is 1.20. The fraction of sp³-hybridized carbons (Fsp3) is 0.286. The average molecular weight is 106 g/mol. The molecule has 1 nitrogen and oxygen atoms in total. The Morgan fingerprint density at radius 2 is 2.62 bits per heavy atom. The van der Waals surface area contributed by atoms with E-state index in [-0.39, 0.29) is 11.7 Å². The number of rotatable bonds is 0. The lowest BCUT2D eigenvalue weighted by Crippen LogP contribution is -2.01. The number of carbonyl (C=O) groups excluding carboxylic acids is 1. The summed E-state index contributed by atoms with van der Waals surface area (Å²) < 4.78 is 0. The van der Waals surface area contributed by atoms with Crippen molar-refractivity contribution in [3.8, 4) is 12.3 Å². The second-order valence-electron chi connectivity index (χ2n) is 1.76. The van der Waals surface area contributed by atoms with E-state index >= 15 is 0 Å². The molecule has 0 spiro atoms. The molecule has 0 fully saturated rings. The maximum atomic E-state index is 10.6. The van der Waals surface area contributed by atoms with Gasteiger partial charge in [-0.1, -0.05) is 12.0 Å². The molecule has 1 rings (SSSR count). The van der Waals surface area contributed by atoms with Gasteiger partial charge in [0.1, 0.15) is 0 Å². The zero-order valence-corrected chi connectivity index (χ0v) is 4.42. The van der Waals surface area contributed by atoms with Crippen molar-refractivity contribution < 1.29 is 4.79 Å². The summed E-state index contributed by atoms with van der Waals surface area (Å²) in [5.41, 5.74) is 0. The van der Waals surface area contributed by atoms with Crippen molar-refractivity contribution >= 4 is 5.78 Å². The van der Waals surface area contributed by atoms with Crippen molar-refractivity contribution in [3.63, 3.8) is 0 Å². The molecular formula is C7H6O. The first-order valence-electron chi connectivity index (χ1n) is 2.51. The third-order valence-corrected chi connectivity index (χ3v) is 1.20. The fourth-order valence-corrected chi connectivity index (χ4v) is 0.703. The quantitative estimate of drug-likeness (QED) is 0.417. The molecule has 0 bridgehead atoms. The fourth-order valence-electron chi connectivity index (χ4n) is 0.703. The molecule has 0 aromatic heterocycles. The second kappa shape index (κ2) is 1.83. The molecule has 0 N–H and O–H groups in total. The maximum absolute atomic E-state index is 10.6. The lowest BCUT2D eigenvalue weighted by Gasteiger charge is -1.91. The third kappa shape index (κ3) is 0.651. The Morgan fingerprint density at radius 1 is 1.88 bits per heavy atom. The molecule has 8 heavy (non-hydrogen) atoms. The van der Waals surface area contributed by atoms with E-state index in [1.165, 1.54) is 0 Å². The summed E-state index contributed by atoms with van der Waals surface area (Å²) in [4.78, 5) is 10.6. The summed E-state index contributed by atoms with van der Waals surface area (Å²) in [5, 5.41) is 0. The molecule has 0 aromatic carbocycles. The van der Waals surface area contributed by atoms with Gasteiger partial charge in [0, 0.05) is 0 Å². The van der Waals surface area contributed by atoms with Gasteiger partial charge in [-0.2, -0.15) is 0 Å². The van der Waals surface area contributed by atoms with Crippen LogP contribution in [0, 0.1) is 18.3 Å². The summed E-state index contributed by atoms with van der Waals surface area (Å²) in [6.45, 7) is 0. The molecule has 1 unspecified atom stereocenters. The summed E-state index contributed by atoms with van der Waals surface area (Å²) in [6, 6.07) is 0. The van der Waals surface area contributed by atoms with Crippen LogP contribution in [0.4, 0.5) is 0 Å². The smallest absolute Gasteiger partial charge is 0.170 e. The molecule has 0 saturated heterocycles. The van der Waals surface area contributed by atoms with Crippen molar-refractivity contribution in [2.45, 2.75) is 6.42 Å². The van der Waals surface area contributed by atoms with Crippen LogP contribution in [0.15, 0.2) is 12.2 Å². The molecule has 1 heteroatoms. The largest absolute Gasteiger partial charge is 0.293 e. The lowest BCUT2D eigenvalue weighted by atomic mass is 10.1. The van der Waals surface area contributed by atoms with E-state index in [0.29, 0.717) is 0 Å². The summed E-state index contributed by atoms with van der Waals surface area (Å²) in [5.74, 6) is 2.32. The van der Waals surface area contributed by atoms with Crippen molar-refractivity contribution in [2.24, 2.45) is 5.92 Å². The molecule has 0 aliphatic heterocycles. The maximum Gasteiger partial charge on any atom is 0.170 e. The van der Waals surface area contributed by atoms with Gasteiger partial charge in [0.2, 0.25) is 0 Å². The minimum atomic E-state index is -0.157. The van der Waals surface area contributed by atoms with E-state index in [0.717, 1.165) is 6.42 Å². The highest BCUT2D eigenvalue weighted by Crippen LogP contribution is 2.11. The van der Waals surface area contributed by atoms with Crippen LogP contribution in [-0.4, -0.2) is 5.78 Å². The Kier molecular flexibility index (Phi) is 1.17. The van der Waals surface area contributed by atoms with Gasteiger partial charge in [-0.05, 0) is 12.5 Å². The molecule has 0 saturated carbocycles. The first kappa shape index (κ1) is 5.11. The van der Waals surface area contributed by atoms with Crippen LogP contribution < -0.4 is 0 Å². The lowest BCUT2D eigenvalue weighted by molar-refractivity contribution is -0.115. The number of carbonyl (C=O) groups is 1. The first-order chi connectivity index (χ1) is 3.84. The van der Waals surface area contributed by atoms with Gasteiger partial charge >= 0.3 is 0 Å². The van der Waals surface area contributed by atoms with Crippen molar-refractivity contribution in [1.82, 2.24) is 0 Å². The SMILES string of the molecule is C#CC1CC=CC1=O. The van der Waals surface area contributed by atoms with Crippen LogP contribution in [0.5, 0.6) is 0 Å². The number of terminal acetylenes is 1. The summed E-state index contributed by atoms with van der Waals surface area (Å²) in [7, 11) is 0. The molecule has 0 heterocycles. The Hall–Kier alpha value is -1.03. The van der Waals surface area contributed by atoms with Gasteiger partial charge in [0.15, 0.2) is 5.78 Å². The predicted octanol–water partition coefficient (Wildman–Crippen LogP) is 0.765. The molecular weight excluding hydrogens is 100 g/mol. The molecule has 1 aliphatic rings. The highest BCUT2D eigenvalue weighted by molar-refractivity contribution is 5.95. The van der Waals surface area contributed by atoms with Crippen molar-refractivity contribution in [3.05, 3.63) is 12.2 Å². The highest BCUT2D eigenvalue weighted by atomic mass is 16.1. The Bertz CT molecular complexity index is 171. The van der Waals surface area contributed by atoms with E-state index in [4.69, 9.17) is 6.42 Å². The van der Waals surface area contributed by atoms with E-state index in [1.807, 2.05) is 6.08 Å². The van der Waals surface area contributed by atoms with E-state index < -0.39 is 0 Å². The Labute approximate surface area is 48.4 Å². The van der Waals surface area contributed by atoms with Gasteiger partial charge < -0.3 is 0 Å². The average Bonchev–Trinajstić information content (AvgIpc) is 2.14. The van der Waals surface area contributed by atoms with E-state index in [2.05, 4.69) is 5.92 Å². The van der Waals surface area contributed by atoms with Crippen LogP contribution in [-0.2, 0) is 4.79 Å². The normalized spacial score (nSPS) is 25.9. The molecule has 0 radical (unpaired) electrons. The highest BCUT2D eigenvalue weighted by Gasteiger charge is 2.15. The number of hydrogen-bond acceptors (Lipinski definition) is 1. The molecule has 0 aromatic rings. The standard InChI is InChI=1S/C7H6O/c1-2-6-4-3-5-7(6)8/h1,3,5-6H,4H2. The zero-order chi connectivity index (χ0) is 5.98. The number of hydrogen-bond donors (Lipinski definition) is 0. The van der Waals surface area contributed by atoms with E-state index in [1.54, 1.807) is 6.08 Å². The van der Waals surface area contributed by atoms with Crippen LogP contribution in [0.1, 0.15) is 6.42 Å². The van der Waals surface area contributed by atoms with Gasteiger partial charge in [-0.3, -0.25) is 4.79 Å². The van der Waals surface area contributed by atoms with Crippen molar-refractivity contribution in [1.29, 1.82) is 0 Å². The summed E-state index contributed by atoms with van der Waals surface area (Å²) >= 11 is 0. The molecule has 1 atom stereocenters. The van der Waals surface area contributed by atoms with Crippen LogP contribution >= 0.6 is 0 Å². The molecule has 1 aliphatic carbocycles. The number of ketones is 1. The van der Waals surface area contributed by atoms with Gasteiger partial charge in [-0.25, -0.2) is 0 Å². The van der Waals surface area contributed by atoms with Crippen LogP contribution in [0.2, 0.25) is 0 Å². The monoisotopic (exact) mass is 106 g/mol. The summed E-state index contributed by atoms with van der Waals surface area (Å²) in [6.07, 6.45) is 9.10. The van der Waals surface area contributed by atoms with Gasteiger partial charge in [0.05, 0.1) is 5.92 Å². The molecule has 40 valence electrons. The zero-order valence-electron chi connectivity index (χ0n) is 4.42. The van der Waals surface area contributed by atoms with Crippen LogP contribution in [0.25, 0.3) is 0 Å². The van der Waals surface area contributed by atoms with Crippen LogP contribution in [0.3, 0.4) is 0 Å². The van der Waals surface area contributed by atoms with Crippen molar-refractivity contribution in [2.75, 3.05) is 0 Å². The predicted molar refractivity (Wildman–Crippen MR) is 31.1 cm³/mol. The minimum Gasteiger partial charge on any atom is -0.293 e.